The molecule has 5 heteroatoms. The molecule has 0 bridgehead atoms. The number of anilines is 1. The predicted octanol–water partition coefficient (Wildman–Crippen LogP) is 4.00. The fourth-order valence-corrected chi connectivity index (χ4v) is 3.71. The monoisotopic (exact) mass is 345 g/mol. The number of hydrogen-bond acceptors (Lipinski definition) is 3. The molecule has 0 saturated heterocycles. The third-order valence-corrected chi connectivity index (χ3v) is 5.81. The van der Waals surface area contributed by atoms with E-state index in [2.05, 4.69) is 19.2 Å². The van der Waals surface area contributed by atoms with E-state index >= 15 is 0 Å². The van der Waals surface area contributed by atoms with Crippen molar-refractivity contribution in [3.63, 3.8) is 0 Å². The molecule has 128 valence electrons. The molecule has 2 rings (SSSR count). The largest absolute Gasteiger partial charge is 0.326 e. The van der Waals surface area contributed by atoms with E-state index in [0.717, 1.165) is 17.7 Å². The smallest absolute Gasteiger partial charge is 0.225 e. The van der Waals surface area contributed by atoms with Gasteiger partial charge in [0.05, 0.1) is 10.6 Å². The van der Waals surface area contributed by atoms with Crippen molar-refractivity contribution < 1.29 is 13.2 Å². The molecule has 0 spiro atoms. The minimum absolute atomic E-state index is 0.0634. The Balaban J connectivity index is 2.02. The van der Waals surface area contributed by atoms with Crippen LogP contribution in [0.5, 0.6) is 0 Å². The second-order valence-electron chi connectivity index (χ2n) is 5.83. The van der Waals surface area contributed by atoms with Gasteiger partial charge in [-0.3, -0.25) is 4.79 Å². The molecule has 0 radical (unpaired) electrons. The first-order valence-corrected chi connectivity index (χ1v) is 9.76. The van der Waals surface area contributed by atoms with Gasteiger partial charge in [0.1, 0.15) is 0 Å². The van der Waals surface area contributed by atoms with Crippen LogP contribution in [-0.4, -0.2) is 20.1 Å². The topological polar surface area (TPSA) is 63.2 Å². The summed E-state index contributed by atoms with van der Waals surface area (Å²) in [6.45, 7) is 4.19. The summed E-state index contributed by atoms with van der Waals surface area (Å²) in [5.74, 6) is -0.159. The summed E-state index contributed by atoms with van der Waals surface area (Å²) in [5.41, 5.74) is 1.83. The van der Waals surface area contributed by atoms with Crippen LogP contribution in [0.15, 0.2) is 59.5 Å². The van der Waals surface area contributed by atoms with Crippen LogP contribution >= 0.6 is 0 Å². The van der Waals surface area contributed by atoms with Crippen LogP contribution in [0.25, 0.3) is 0 Å². The number of rotatable bonds is 7. The van der Waals surface area contributed by atoms with E-state index < -0.39 is 9.84 Å². The van der Waals surface area contributed by atoms with Crippen LogP contribution in [-0.2, 0) is 14.6 Å². The molecular formula is C19H23NO3S. The van der Waals surface area contributed by atoms with Crippen molar-refractivity contribution in [2.75, 3.05) is 11.1 Å². The summed E-state index contributed by atoms with van der Waals surface area (Å²) in [6.07, 6.45) is 0.904. The maximum Gasteiger partial charge on any atom is 0.225 e. The zero-order valence-corrected chi connectivity index (χ0v) is 14.8. The van der Waals surface area contributed by atoms with E-state index in [1.165, 1.54) is 0 Å². The van der Waals surface area contributed by atoms with Gasteiger partial charge in [-0.15, -0.1) is 0 Å². The molecule has 4 nitrogen and oxygen atoms in total. The normalized spacial score (nSPS) is 12.6. The quantitative estimate of drug-likeness (QED) is 0.825. The molecule has 0 aliphatic rings. The average Bonchev–Trinajstić information content (AvgIpc) is 2.60. The van der Waals surface area contributed by atoms with Crippen LogP contribution in [0.1, 0.15) is 38.2 Å². The third-order valence-electron chi connectivity index (χ3n) is 4.08. The zero-order chi connectivity index (χ0) is 17.6. The second kappa shape index (κ2) is 8.11. The number of carbonyl (C=O) groups is 1. The van der Waals surface area contributed by atoms with E-state index in [-0.39, 0.29) is 23.0 Å². The number of benzene rings is 2. The van der Waals surface area contributed by atoms with Crippen LogP contribution < -0.4 is 5.32 Å². The Labute approximate surface area is 143 Å². The highest BCUT2D eigenvalue weighted by Gasteiger charge is 2.17. The summed E-state index contributed by atoms with van der Waals surface area (Å²) >= 11 is 0. The summed E-state index contributed by atoms with van der Waals surface area (Å²) < 4.78 is 24.5. The molecule has 0 saturated carbocycles. The van der Waals surface area contributed by atoms with Gasteiger partial charge in [0.15, 0.2) is 9.84 Å². The molecule has 0 fully saturated rings. The molecule has 0 heterocycles. The van der Waals surface area contributed by atoms with Gasteiger partial charge in [-0.05, 0) is 36.1 Å². The van der Waals surface area contributed by atoms with Gasteiger partial charge >= 0.3 is 0 Å². The van der Waals surface area contributed by atoms with E-state index in [1.54, 1.807) is 30.3 Å². The van der Waals surface area contributed by atoms with Crippen molar-refractivity contribution in [3.05, 3.63) is 60.2 Å². The van der Waals surface area contributed by atoms with Gasteiger partial charge < -0.3 is 5.32 Å². The molecule has 24 heavy (non-hydrogen) atoms. The molecule has 2 aromatic rings. The zero-order valence-electron chi connectivity index (χ0n) is 14.0. The van der Waals surface area contributed by atoms with Crippen molar-refractivity contribution in [1.29, 1.82) is 0 Å². The molecular weight excluding hydrogens is 322 g/mol. The summed E-state index contributed by atoms with van der Waals surface area (Å²) in [5, 5.41) is 2.85. The first-order chi connectivity index (χ1) is 11.4. The lowest BCUT2D eigenvalue weighted by atomic mass is 9.97. The number of sulfone groups is 1. The summed E-state index contributed by atoms with van der Waals surface area (Å²) in [4.78, 5) is 12.4. The van der Waals surface area contributed by atoms with E-state index in [4.69, 9.17) is 0 Å². The number of nitrogens with one attached hydrogen (secondary N) is 1. The molecule has 1 amide bonds. The van der Waals surface area contributed by atoms with Gasteiger partial charge in [-0.1, -0.05) is 50.2 Å². The maximum atomic E-state index is 12.2. The van der Waals surface area contributed by atoms with Crippen molar-refractivity contribution in [2.24, 2.45) is 0 Å². The molecule has 0 aliphatic heterocycles. The van der Waals surface area contributed by atoms with Gasteiger partial charge in [-0.2, -0.15) is 0 Å². The van der Waals surface area contributed by atoms with Crippen LogP contribution in [0.2, 0.25) is 0 Å². The number of carbonyl (C=O) groups excluding carboxylic acids is 1. The Kier molecular flexibility index (Phi) is 6.15. The highest BCUT2D eigenvalue weighted by molar-refractivity contribution is 7.91. The second-order valence-corrected chi connectivity index (χ2v) is 7.94. The fraction of sp³-hybridized carbons (Fsp3) is 0.316. The Bertz CT molecular complexity index is 785. The van der Waals surface area contributed by atoms with E-state index in [1.807, 2.05) is 24.3 Å². The maximum absolute atomic E-state index is 12.2. The lowest BCUT2D eigenvalue weighted by molar-refractivity contribution is -0.115. The molecule has 1 unspecified atom stereocenters. The van der Waals surface area contributed by atoms with Crippen molar-refractivity contribution in [1.82, 2.24) is 0 Å². The minimum atomic E-state index is -3.44. The van der Waals surface area contributed by atoms with Crippen LogP contribution in [0, 0.1) is 0 Å². The lowest BCUT2D eigenvalue weighted by Gasteiger charge is -2.15. The van der Waals surface area contributed by atoms with Gasteiger partial charge in [0.2, 0.25) is 5.91 Å². The first kappa shape index (κ1) is 18.2. The Hall–Kier alpha value is -2.14. The standard InChI is InChI=1S/C19H23NO3S/c1-3-15(2)17-11-7-8-12-18(17)20-19(21)13-14-24(22,23)16-9-5-4-6-10-16/h4-12,15H,3,13-14H2,1-2H3,(H,20,21). The number of hydrogen-bond donors (Lipinski definition) is 1. The van der Waals surface area contributed by atoms with E-state index in [9.17, 15) is 13.2 Å². The summed E-state index contributed by atoms with van der Waals surface area (Å²) in [6, 6.07) is 15.9. The lowest BCUT2D eigenvalue weighted by Crippen LogP contribution is -2.18. The van der Waals surface area contributed by atoms with E-state index in [0.29, 0.717) is 5.92 Å². The van der Waals surface area contributed by atoms with Crippen LogP contribution in [0.4, 0.5) is 5.69 Å². The molecule has 0 aromatic heterocycles. The molecule has 1 atom stereocenters. The first-order valence-electron chi connectivity index (χ1n) is 8.10. The Morgan fingerprint density at radius 3 is 2.33 bits per heavy atom. The summed E-state index contributed by atoms with van der Waals surface area (Å²) in [7, 11) is -3.44. The molecule has 0 aliphatic carbocycles. The Morgan fingerprint density at radius 2 is 1.67 bits per heavy atom. The number of para-hydroxylation sites is 1. The fourth-order valence-electron chi connectivity index (χ4n) is 2.45. The highest BCUT2D eigenvalue weighted by Crippen LogP contribution is 2.26. The molecule has 1 N–H and O–H groups in total. The SMILES string of the molecule is CCC(C)c1ccccc1NC(=O)CCS(=O)(=O)c1ccccc1. The van der Waals surface area contributed by atoms with Crippen molar-refractivity contribution in [2.45, 2.75) is 37.5 Å². The average molecular weight is 345 g/mol. The van der Waals surface area contributed by atoms with Gasteiger partial charge in [-0.25, -0.2) is 8.42 Å². The van der Waals surface area contributed by atoms with Crippen LogP contribution in [0.3, 0.4) is 0 Å². The third kappa shape index (κ3) is 4.68. The van der Waals surface area contributed by atoms with Gasteiger partial charge in [0.25, 0.3) is 0 Å². The molecule has 2 aromatic carbocycles. The highest BCUT2D eigenvalue weighted by atomic mass is 32.2. The van der Waals surface area contributed by atoms with Crippen molar-refractivity contribution in [3.8, 4) is 0 Å². The number of amides is 1. The van der Waals surface area contributed by atoms with Crippen molar-refractivity contribution >= 4 is 21.4 Å². The van der Waals surface area contributed by atoms with Gasteiger partial charge in [0, 0.05) is 12.1 Å². The minimum Gasteiger partial charge on any atom is -0.326 e. The Morgan fingerprint density at radius 1 is 1.04 bits per heavy atom. The predicted molar refractivity (Wildman–Crippen MR) is 96.9 cm³/mol.